The number of carbonyl (C=O) groups is 1. The van der Waals surface area contributed by atoms with E-state index in [4.69, 9.17) is 11.6 Å². The smallest absolute Gasteiger partial charge is 0.156 e. The van der Waals surface area contributed by atoms with E-state index >= 15 is 0 Å². The molecule has 16 heavy (non-hydrogen) atoms. The van der Waals surface area contributed by atoms with Crippen molar-refractivity contribution >= 4 is 23.7 Å². The molecule has 0 saturated carbocycles. The van der Waals surface area contributed by atoms with Gasteiger partial charge in [0, 0.05) is 13.1 Å². The summed E-state index contributed by atoms with van der Waals surface area (Å²) in [6, 6.07) is 0.315. The Morgan fingerprint density at radius 2 is 2.25 bits per heavy atom. The summed E-state index contributed by atoms with van der Waals surface area (Å²) in [5.41, 5.74) is 0.356. The van der Waals surface area contributed by atoms with Crippen LogP contribution in [-0.2, 0) is 0 Å². The summed E-state index contributed by atoms with van der Waals surface area (Å²) in [4.78, 5) is 20.8. The van der Waals surface area contributed by atoms with Crippen molar-refractivity contribution in [3.63, 3.8) is 0 Å². The van der Waals surface area contributed by atoms with Crippen LogP contribution >= 0.6 is 11.6 Å². The van der Waals surface area contributed by atoms with Crippen LogP contribution < -0.4 is 4.90 Å². The van der Waals surface area contributed by atoms with Crippen LogP contribution in [0.2, 0.25) is 5.15 Å². The first-order valence-corrected chi connectivity index (χ1v) is 5.68. The molecule has 0 radical (unpaired) electrons. The van der Waals surface area contributed by atoms with Gasteiger partial charge >= 0.3 is 0 Å². The lowest BCUT2D eigenvalue weighted by Gasteiger charge is -2.26. The minimum absolute atomic E-state index is 0.204. The molecular formula is C11H16ClN3O. The number of carbonyl (C=O) groups excluding carboxylic acids is 1. The normalized spacial score (nSPS) is 12.2. The standard InChI is InChI=1S/C11H16ClN3O/c1-4-5-8(2)15(3)11-9(6-16)10(12)13-7-14-11/h6-8H,4-5H2,1-3H3. The van der Waals surface area contributed by atoms with Gasteiger partial charge in [0.1, 0.15) is 17.3 Å². The van der Waals surface area contributed by atoms with Gasteiger partial charge in [-0.05, 0) is 13.3 Å². The van der Waals surface area contributed by atoms with Crippen LogP contribution in [0.3, 0.4) is 0 Å². The Kier molecular flexibility index (Phi) is 4.68. The van der Waals surface area contributed by atoms with E-state index in [1.807, 2.05) is 11.9 Å². The SMILES string of the molecule is CCCC(C)N(C)c1ncnc(Cl)c1C=O. The van der Waals surface area contributed by atoms with Gasteiger partial charge < -0.3 is 4.90 Å². The molecule has 1 aromatic heterocycles. The molecule has 0 aliphatic heterocycles. The number of nitrogens with zero attached hydrogens (tertiary/aromatic N) is 3. The third-order valence-electron chi connectivity index (χ3n) is 2.63. The zero-order valence-electron chi connectivity index (χ0n) is 9.77. The van der Waals surface area contributed by atoms with Crippen molar-refractivity contribution in [2.24, 2.45) is 0 Å². The maximum Gasteiger partial charge on any atom is 0.156 e. The summed E-state index contributed by atoms with van der Waals surface area (Å²) in [5.74, 6) is 0.593. The second kappa shape index (κ2) is 5.80. The first kappa shape index (κ1) is 12.9. The minimum atomic E-state index is 0.204. The molecule has 0 N–H and O–H groups in total. The third-order valence-corrected chi connectivity index (χ3v) is 2.93. The highest BCUT2D eigenvalue weighted by Gasteiger charge is 2.16. The second-order valence-electron chi connectivity index (χ2n) is 3.77. The fraction of sp³-hybridized carbons (Fsp3) is 0.545. The van der Waals surface area contributed by atoms with Gasteiger partial charge in [0.2, 0.25) is 0 Å². The van der Waals surface area contributed by atoms with E-state index in [-0.39, 0.29) is 5.15 Å². The lowest BCUT2D eigenvalue weighted by Crippen LogP contribution is -2.30. The highest BCUT2D eigenvalue weighted by Crippen LogP contribution is 2.22. The molecule has 1 rings (SSSR count). The molecule has 5 heteroatoms. The Balaban J connectivity index is 3.03. The van der Waals surface area contributed by atoms with Crippen molar-refractivity contribution in [3.05, 3.63) is 17.0 Å². The maximum atomic E-state index is 10.9. The molecule has 0 aromatic carbocycles. The first-order valence-electron chi connectivity index (χ1n) is 5.30. The van der Waals surface area contributed by atoms with Crippen molar-refractivity contribution in [1.82, 2.24) is 9.97 Å². The van der Waals surface area contributed by atoms with Gasteiger partial charge in [0.15, 0.2) is 6.29 Å². The number of rotatable bonds is 5. The third kappa shape index (κ3) is 2.70. The molecule has 1 atom stereocenters. The molecule has 1 heterocycles. The lowest BCUT2D eigenvalue weighted by molar-refractivity contribution is 0.112. The first-order chi connectivity index (χ1) is 7.61. The number of halogens is 1. The maximum absolute atomic E-state index is 10.9. The number of hydrogen-bond acceptors (Lipinski definition) is 4. The Labute approximate surface area is 101 Å². The predicted octanol–water partition coefficient (Wildman–Crippen LogP) is 2.57. The van der Waals surface area contributed by atoms with Gasteiger partial charge in [-0.15, -0.1) is 0 Å². The molecule has 0 fully saturated rings. The summed E-state index contributed by atoms with van der Waals surface area (Å²) >= 11 is 5.85. The van der Waals surface area contributed by atoms with Gasteiger partial charge in [-0.3, -0.25) is 4.79 Å². The molecule has 1 aromatic rings. The van der Waals surface area contributed by atoms with E-state index in [1.165, 1.54) is 6.33 Å². The van der Waals surface area contributed by atoms with Gasteiger partial charge in [-0.2, -0.15) is 0 Å². The lowest BCUT2D eigenvalue weighted by atomic mass is 10.1. The highest BCUT2D eigenvalue weighted by atomic mass is 35.5. The Bertz CT molecular complexity index is 370. The summed E-state index contributed by atoms with van der Waals surface area (Å²) in [5, 5.41) is 0.204. The Morgan fingerprint density at radius 3 is 2.81 bits per heavy atom. The van der Waals surface area contributed by atoms with Crippen LogP contribution in [0.5, 0.6) is 0 Å². The predicted molar refractivity (Wildman–Crippen MR) is 65.2 cm³/mol. The number of anilines is 1. The van der Waals surface area contributed by atoms with E-state index in [1.54, 1.807) is 0 Å². The molecule has 0 amide bonds. The molecule has 4 nitrogen and oxygen atoms in total. The van der Waals surface area contributed by atoms with Crippen LogP contribution in [0.25, 0.3) is 0 Å². The topological polar surface area (TPSA) is 46.1 Å². The average molecular weight is 242 g/mol. The molecule has 1 unspecified atom stereocenters. The number of hydrogen-bond donors (Lipinski definition) is 0. The minimum Gasteiger partial charge on any atom is -0.356 e. The van der Waals surface area contributed by atoms with Crippen LogP contribution in [-0.4, -0.2) is 29.3 Å². The van der Waals surface area contributed by atoms with Crippen LogP contribution in [0.15, 0.2) is 6.33 Å². The zero-order valence-corrected chi connectivity index (χ0v) is 10.5. The fourth-order valence-corrected chi connectivity index (χ4v) is 1.74. The molecule has 0 aliphatic carbocycles. The second-order valence-corrected chi connectivity index (χ2v) is 4.13. The molecule has 0 spiro atoms. The quantitative estimate of drug-likeness (QED) is 0.587. The van der Waals surface area contributed by atoms with Crippen LogP contribution in [0, 0.1) is 0 Å². The highest BCUT2D eigenvalue weighted by molar-refractivity contribution is 6.32. The summed E-state index contributed by atoms with van der Waals surface area (Å²) in [7, 11) is 1.91. The number of aromatic nitrogens is 2. The van der Waals surface area contributed by atoms with E-state index in [0.717, 1.165) is 12.8 Å². The summed E-state index contributed by atoms with van der Waals surface area (Å²) in [6.07, 6.45) is 4.20. The molecule has 0 saturated heterocycles. The van der Waals surface area contributed by atoms with E-state index in [9.17, 15) is 4.79 Å². The largest absolute Gasteiger partial charge is 0.356 e. The fourth-order valence-electron chi connectivity index (χ4n) is 1.57. The van der Waals surface area contributed by atoms with Crippen molar-refractivity contribution < 1.29 is 4.79 Å². The Hall–Kier alpha value is -1.16. The zero-order chi connectivity index (χ0) is 12.1. The van der Waals surface area contributed by atoms with Crippen molar-refractivity contribution in [3.8, 4) is 0 Å². The van der Waals surface area contributed by atoms with E-state index < -0.39 is 0 Å². The van der Waals surface area contributed by atoms with Crippen molar-refractivity contribution in [2.75, 3.05) is 11.9 Å². The van der Waals surface area contributed by atoms with Gasteiger partial charge in [-0.25, -0.2) is 9.97 Å². The van der Waals surface area contributed by atoms with Gasteiger partial charge in [0.25, 0.3) is 0 Å². The molecule has 0 bridgehead atoms. The average Bonchev–Trinajstić information content (AvgIpc) is 2.28. The van der Waals surface area contributed by atoms with Gasteiger partial charge in [0.05, 0.1) is 5.56 Å². The van der Waals surface area contributed by atoms with Crippen molar-refractivity contribution in [1.29, 1.82) is 0 Å². The van der Waals surface area contributed by atoms with E-state index in [0.29, 0.717) is 23.7 Å². The summed E-state index contributed by atoms with van der Waals surface area (Å²) in [6.45, 7) is 4.21. The van der Waals surface area contributed by atoms with Gasteiger partial charge in [-0.1, -0.05) is 24.9 Å². The summed E-state index contributed by atoms with van der Waals surface area (Å²) < 4.78 is 0. The van der Waals surface area contributed by atoms with E-state index in [2.05, 4.69) is 23.8 Å². The van der Waals surface area contributed by atoms with Crippen LogP contribution in [0.1, 0.15) is 37.0 Å². The number of aldehydes is 1. The van der Waals surface area contributed by atoms with Crippen LogP contribution in [0.4, 0.5) is 5.82 Å². The monoisotopic (exact) mass is 241 g/mol. The molecule has 88 valence electrons. The Morgan fingerprint density at radius 1 is 1.56 bits per heavy atom. The van der Waals surface area contributed by atoms with Crippen molar-refractivity contribution in [2.45, 2.75) is 32.7 Å². The molecular weight excluding hydrogens is 226 g/mol. The molecule has 0 aliphatic rings.